The fourth-order valence-electron chi connectivity index (χ4n) is 2.81. The fraction of sp³-hybridized carbons (Fsp3) is 0.0455. The molecule has 6 nitrogen and oxygen atoms in total. The van der Waals surface area contributed by atoms with Gasteiger partial charge in [-0.3, -0.25) is 0 Å². The Morgan fingerprint density at radius 1 is 1.03 bits per heavy atom. The van der Waals surface area contributed by atoms with E-state index in [0.29, 0.717) is 17.4 Å². The van der Waals surface area contributed by atoms with Crippen LogP contribution in [0.5, 0.6) is 0 Å². The number of nitrogens with one attached hydrogen (secondary N) is 1. The maximum Gasteiger partial charge on any atom is 0.156 e. The molecule has 29 heavy (non-hydrogen) atoms. The van der Waals surface area contributed by atoms with E-state index in [1.165, 1.54) is 4.70 Å². The second-order valence-corrected chi connectivity index (χ2v) is 7.55. The van der Waals surface area contributed by atoms with Crippen molar-refractivity contribution in [2.45, 2.75) is 6.92 Å². The molecule has 0 aliphatic heterocycles. The van der Waals surface area contributed by atoms with E-state index in [1.807, 2.05) is 42.5 Å². The lowest BCUT2D eigenvalue weighted by Crippen LogP contribution is -2.10. The van der Waals surface area contributed by atoms with Crippen LogP contribution in [0.4, 0.5) is 17.2 Å². The first-order valence-corrected chi connectivity index (χ1v) is 9.85. The van der Waals surface area contributed by atoms with Crippen LogP contribution in [0.15, 0.2) is 83.6 Å². The number of benzene rings is 2. The number of anilines is 2. The smallest absolute Gasteiger partial charge is 0.156 e. The number of hydrogen-bond donors (Lipinski definition) is 3. The van der Waals surface area contributed by atoms with Gasteiger partial charge in [-0.1, -0.05) is 12.1 Å². The quantitative estimate of drug-likeness (QED) is 0.325. The Bertz CT molecular complexity index is 1170. The molecule has 7 heteroatoms. The number of para-hydroxylation sites is 1. The van der Waals surface area contributed by atoms with Crippen molar-refractivity contribution < 1.29 is 0 Å². The average molecular weight is 401 g/mol. The number of hydrogen-bond acceptors (Lipinski definition) is 6. The lowest BCUT2D eigenvalue weighted by molar-refractivity contribution is 1.26. The molecule has 0 aliphatic rings. The Morgan fingerprint density at radius 2 is 1.83 bits per heavy atom. The van der Waals surface area contributed by atoms with Crippen LogP contribution in [0, 0.1) is 0 Å². The summed E-state index contributed by atoms with van der Waals surface area (Å²) in [6.45, 7) is 1.76. The standard InChI is InChI=1S/C22H20N6S/c1-14(23)12-20(24)28-21-13-17(10-11-25-21)26-16-8-6-15(7-9-16)22-27-18-4-2-3-5-19(18)29-22/h2-13H,23H2,1H3,(H3,24,25,26,28)/b14-12-. The largest absolute Gasteiger partial charge is 0.402 e. The first-order valence-electron chi connectivity index (χ1n) is 9.04. The number of aromatic nitrogens is 2. The van der Waals surface area contributed by atoms with E-state index in [1.54, 1.807) is 30.5 Å². The maximum absolute atomic E-state index is 5.84. The Kier molecular flexibility index (Phi) is 5.22. The Labute approximate surface area is 172 Å². The zero-order valence-electron chi connectivity index (χ0n) is 15.8. The van der Waals surface area contributed by atoms with E-state index in [2.05, 4.69) is 33.5 Å². The van der Waals surface area contributed by atoms with E-state index >= 15 is 0 Å². The number of thiazole rings is 1. The van der Waals surface area contributed by atoms with E-state index in [9.17, 15) is 0 Å². The molecule has 0 atom stereocenters. The van der Waals surface area contributed by atoms with Gasteiger partial charge in [-0.25, -0.2) is 15.0 Å². The van der Waals surface area contributed by atoms with Crippen molar-refractivity contribution in [3.63, 3.8) is 0 Å². The summed E-state index contributed by atoms with van der Waals surface area (Å²) in [6.07, 6.45) is 3.28. The summed E-state index contributed by atoms with van der Waals surface area (Å²) in [7, 11) is 0. The van der Waals surface area contributed by atoms with Crippen LogP contribution in [-0.2, 0) is 0 Å². The van der Waals surface area contributed by atoms with Gasteiger partial charge in [0, 0.05) is 34.9 Å². The third-order valence-corrected chi connectivity index (χ3v) is 5.16. The average Bonchev–Trinajstić information content (AvgIpc) is 3.12. The Balaban J connectivity index is 1.52. The summed E-state index contributed by atoms with van der Waals surface area (Å²) in [5.41, 5.74) is 16.0. The summed E-state index contributed by atoms with van der Waals surface area (Å²) in [4.78, 5) is 13.2. The highest BCUT2D eigenvalue weighted by Crippen LogP contribution is 2.31. The van der Waals surface area contributed by atoms with Gasteiger partial charge in [0.2, 0.25) is 0 Å². The van der Waals surface area contributed by atoms with Crippen molar-refractivity contribution in [2.75, 3.05) is 5.32 Å². The molecule has 0 radical (unpaired) electrons. The fourth-order valence-corrected chi connectivity index (χ4v) is 3.78. The molecular weight excluding hydrogens is 380 g/mol. The van der Waals surface area contributed by atoms with Crippen LogP contribution in [0.25, 0.3) is 20.8 Å². The van der Waals surface area contributed by atoms with E-state index in [-0.39, 0.29) is 0 Å². The minimum atomic E-state index is 0.315. The molecule has 0 saturated heterocycles. The van der Waals surface area contributed by atoms with Gasteiger partial charge >= 0.3 is 0 Å². The predicted octanol–water partition coefficient (Wildman–Crippen LogP) is 4.95. The van der Waals surface area contributed by atoms with E-state index in [4.69, 9.17) is 16.5 Å². The molecule has 0 spiro atoms. The van der Waals surface area contributed by atoms with Crippen LogP contribution >= 0.6 is 11.3 Å². The second kappa shape index (κ2) is 8.12. The number of allylic oxidation sites excluding steroid dienone is 1. The molecule has 0 aliphatic carbocycles. The normalized spacial score (nSPS) is 12.3. The molecule has 0 saturated carbocycles. The van der Waals surface area contributed by atoms with Gasteiger partial charge in [0.05, 0.1) is 10.2 Å². The molecule has 0 unspecified atom stereocenters. The molecule has 2 aromatic carbocycles. The highest BCUT2D eigenvalue weighted by atomic mass is 32.1. The third-order valence-electron chi connectivity index (χ3n) is 4.08. The lowest BCUT2D eigenvalue weighted by Gasteiger charge is -2.07. The molecule has 5 N–H and O–H groups in total. The summed E-state index contributed by atoms with van der Waals surface area (Å²) >= 11 is 1.69. The lowest BCUT2D eigenvalue weighted by atomic mass is 10.2. The summed E-state index contributed by atoms with van der Waals surface area (Å²) in [6, 6.07) is 20.0. The van der Waals surface area contributed by atoms with Crippen molar-refractivity contribution in [3.8, 4) is 10.6 Å². The van der Waals surface area contributed by atoms with Crippen LogP contribution in [0.2, 0.25) is 0 Å². The Hall–Kier alpha value is -3.71. The number of nitrogens with two attached hydrogens (primary N) is 2. The number of amidine groups is 1. The number of nitrogens with zero attached hydrogens (tertiary/aromatic N) is 3. The summed E-state index contributed by atoms with van der Waals surface area (Å²) in [5, 5.41) is 4.37. The topological polar surface area (TPSA) is 102 Å². The summed E-state index contributed by atoms with van der Waals surface area (Å²) in [5.74, 6) is 0.825. The molecule has 4 rings (SSSR count). The zero-order valence-corrected chi connectivity index (χ0v) is 16.6. The highest BCUT2D eigenvalue weighted by molar-refractivity contribution is 7.21. The van der Waals surface area contributed by atoms with Gasteiger partial charge in [0.1, 0.15) is 10.8 Å². The van der Waals surface area contributed by atoms with Gasteiger partial charge in [-0.15, -0.1) is 11.3 Å². The third kappa shape index (κ3) is 4.59. The van der Waals surface area contributed by atoms with Crippen molar-refractivity contribution in [1.29, 1.82) is 0 Å². The monoisotopic (exact) mass is 400 g/mol. The number of rotatable bonds is 5. The van der Waals surface area contributed by atoms with E-state index in [0.717, 1.165) is 27.5 Å². The molecule has 144 valence electrons. The molecule has 2 heterocycles. The van der Waals surface area contributed by atoms with Crippen molar-refractivity contribution in [3.05, 3.63) is 78.6 Å². The maximum atomic E-state index is 5.84. The minimum absolute atomic E-state index is 0.315. The number of fused-ring (bicyclic) bond motifs is 1. The van der Waals surface area contributed by atoms with Gasteiger partial charge < -0.3 is 16.8 Å². The molecule has 2 aromatic heterocycles. The molecule has 0 fully saturated rings. The SMILES string of the molecule is C/C(N)=C/C(N)=Nc1cc(Nc2ccc(-c3nc4ccccc4s3)cc2)ccn1. The van der Waals surface area contributed by atoms with Crippen LogP contribution in [-0.4, -0.2) is 15.8 Å². The van der Waals surface area contributed by atoms with Gasteiger partial charge in [0.15, 0.2) is 5.82 Å². The van der Waals surface area contributed by atoms with Gasteiger partial charge in [0.25, 0.3) is 0 Å². The molecule has 0 amide bonds. The van der Waals surface area contributed by atoms with Crippen molar-refractivity contribution >= 4 is 44.6 Å². The van der Waals surface area contributed by atoms with Crippen LogP contribution in [0.3, 0.4) is 0 Å². The Morgan fingerprint density at radius 3 is 2.59 bits per heavy atom. The van der Waals surface area contributed by atoms with Crippen LogP contribution in [0.1, 0.15) is 6.92 Å². The van der Waals surface area contributed by atoms with E-state index < -0.39 is 0 Å². The first kappa shape index (κ1) is 18.6. The van der Waals surface area contributed by atoms with Crippen molar-refractivity contribution in [1.82, 2.24) is 9.97 Å². The first-order chi connectivity index (χ1) is 14.1. The molecular formula is C22H20N6S. The van der Waals surface area contributed by atoms with Gasteiger partial charge in [-0.05, 0) is 55.5 Å². The zero-order chi connectivity index (χ0) is 20.2. The second-order valence-electron chi connectivity index (χ2n) is 6.52. The highest BCUT2D eigenvalue weighted by Gasteiger charge is 2.06. The predicted molar refractivity (Wildman–Crippen MR) is 122 cm³/mol. The number of aliphatic imine (C=N–C) groups is 1. The molecule has 4 aromatic rings. The van der Waals surface area contributed by atoms with Crippen LogP contribution < -0.4 is 16.8 Å². The minimum Gasteiger partial charge on any atom is -0.402 e. The summed E-state index contributed by atoms with van der Waals surface area (Å²) < 4.78 is 1.19. The molecule has 0 bridgehead atoms. The number of pyridine rings is 1. The van der Waals surface area contributed by atoms with Crippen molar-refractivity contribution in [2.24, 2.45) is 16.5 Å². The van der Waals surface area contributed by atoms with Gasteiger partial charge in [-0.2, -0.15) is 0 Å².